The molecule has 0 fully saturated rings. The van der Waals surface area contributed by atoms with Gasteiger partial charge in [0, 0.05) is 47.3 Å². The van der Waals surface area contributed by atoms with Gasteiger partial charge in [-0.05, 0) is 30.2 Å². The Kier molecular flexibility index (Phi) is 18.5. The predicted molar refractivity (Wildman–Crippen MR) is 174 cm³/mol. The Morgan fingerprint density at radius 3 is 2.05 bits per heavy atom. The van der Waals surface area contributed by atoms with Gasteiger partial charge >= 0.3 is 0 Å². The molecule has 0 aliphatic carbocycles. The van der Waals surface area contributed by atoms with Crippen LogP contribution >= 0.6 is 0 Å². The lowest BCUT2D eigenvalue weighted by Crippen LogP contribution is -2.53. The SMILES string of the molecule is CCCN(C[C@H](OC)[C@@H](C)C(=O)NCCc1ccccc1)C(=O)C[C@@H](OC)C([C@@H](C)CC)N(C)C(=O)CNC(=O)CC(C)C. The molecule has 0 aromatic heterocycles. The number of methoxy groups -OCH3 is 2. The van der Waals surface area contributed by atoms with Crippen LogP contribution in [-0.4, -0.2) is 99.1 Å². The Labute approximate surface area is 265 Å². The van der Waals surface area contributed by atoms with E-state index in [1.807, 2.05) is 71.9 Å². The van der Waals surface area contributed by atoms with E-state index in [0.29, 0.717) is 19.5 Å². The van der Waals surface area contributed by atoms with Gasteiger partial charge < -0.3 is 29.9 Å². The Morgan fingerprint density at radius 1 is 0.864 bits per heavy atom. The molecule has 0 saturated carbocycles. The summed E-state index contributed by atoms with van der Waals surface area (Å²) in [6.45, 7) is 13.0. The molecule has 10 nitrogen and oxygen atoms in total. The number of benzene rings is 1. The number of rotatable bonds is 21. The van der Waals surface area contributed by atoms with Gasteiger partial charge in [0.15, 0.2) is 0 Å². The Hall–Kier alpha value is -2.98. The third-order valence-electron chi connectivity index (χ3n) is 8.23. The number of hydrogen-bond acceptors (Lipinski definition) is 6. The van der Waals surface area contributed by atoms with Gasteiger partial charge in [-0.1, -0.05) is 78.3 Å². The second-order valence-corrected chi connectivity index (χ2v) is 12.2. The second kappa shape index (κ2) is 20.9. The molecule has 0 aliphatic rings. The maximum absolute atomic E-state index is 13.7. The molecule has 1 unspecified atom stereocenters. The number of nitrogens with one attached hydrogen (secondary N) is 2. The van der Waals surface area contributed by atoms with Crippen LogP contribution in [0.15, 0.2) is 30.3 Å². The summed E-state index contributed by atoms with van der Waals surface area (Å²) in [7, 11) is 4.82. The van der Waals surface area contributed by atoms with Crippen molar-refractivity contribution >= 4 is 23.6 Å². The van der Waals surface area contributed by atoms with Gasteiger partial charge in [-0.3, -0.25) is 19.2 Å². The molecule has 4 amide bonds. The summed E-state index contributed by atoms with van der Waals surface area (Å²) in [6.07, 6.45) is 1.61. The highest BCUT2D eigenvalue weighted by Crippen LogP contribution is 2.23. The van der Waals surface area contributed by atoms with E-state index in [1.165, 1.54) is 0 Å². The first-order valence-corrected chi connectivity index (χ1v) is 16.1. The van der Waals surface area contributed by atoms with Crippen molar-refractivity contribution in [2.24, 2.45) is 17.8 Å². The third-order valence-corrected chi connectivity index (χ3v) is 8.23. The fourth-order valence-electron chi connectivity index (χ4n) is 5.34. The highest BCUT2D eigenvalue weighted by Gasteiger charge is 2.35. The fraction of sp³-hybridized carbons (Fsp3) is 0.706. The standard InChI is InChI=1S/C34H58N4O6/c1-10-19-38(23-29(44-9)26(6)34(42)35-18-17-27-15-13-12-14-16-27)31(40)21-28(43-8)33(25(5)11-2)37(7)32(41)22-36-30(39)20-24(3)4/h12-16,24-26,28-29,33H,10-11,17-23H2,1-9H3,(H,35,42)(H,36,39)/t25-,26+,28+,29-,33?/m0/s1. The zero-order chi connectivity index (χ0) is 33.2. The average molecular weight is 619 g/mol. The minimum atomic E-state index is -0.558. The van der Waals surface area contributed by atoms with Gasteiger partial charge in [0.25, 0.3) is 0 Å². The summed E-state index contributed by atoms with van der Waals surface area (Å²) in [5, 5.41) is 5.71. The Balaban J connectivity index is 2.93. The molecule has 0 heterocycles. The molecule has 0 spiro atoms. The fourth-order valence-corrected chi connectivity index (χ4v) is 5.34. The Morgan fingerprint density at radius 2 is 1.50 bits per heavy atom. The number of ether oxygens (including phenoxy) is 2. The van der Waals surface area contributed by atoms with Crippen LogP contribution < -0.4 is 10.6 Å². The summed E-state index contributed by atoms with van der Waals surface area (Å²) in [5.74, 6) is -0.884. The summed E-state index contributed by atoms with van der Waals surface area (Å²) in [5.41, 5.74) is 1.15. The minimum absolute atomic E-state index is 0.0408. The van der Waals surface area contributed by atoms with Crippen molar-refractivity contribution in [3.63, 3.8) is 0 Å². The van der Waals surface area contributed by atoms with Gasteiger partial charge in [0.05, 0.1) is 37.1 Å². The van der Waals surface area contributed by atoms with E-state index in [1.54, 1.807) is 31.1 Å². The van der Waals surface area contributed by atoms with Gasteiger partial charge in [-0.15, -0.1) is 0 Å². The van der Waals surface area contributed by atoms with Crippen molar-refractivity contribution in [1.29, 1.82) is 0 Å². The number of hydrogen-bond donors (Lipinski definition) is 2. The average Bonchev–Trinajstić information content (AvgIpc) is 3.00. The summed E-state index contributed by atoms with van der Waals surface area (Å²) < 4.78 is 11.6. The molecule has 0 aliphatic heterocycles. The molecule has 250 valence electrons. The molecule has 0 radical (unpaired) electrons. The zero-order valence-corrected chi connectivity index (χ0v) is 28.6. The number of likely N-dealkylation sites (N-methyl/N-ethyl adjacent to an activating group) is 1. The van der Waals surface area contributed by atoms with Crippen molar-refractivity contribution in [2.75, 3.05) is 47.4 Å². The summed E-state index contributed by atoms with van der Waals surface area (Å²) in [6, 6.07) is 9.60. The van der Waals surface area contributed by atoms with Crippen LogP contribution in [0.3, 0.4) is 0 Å². The van der Waals surface area contributed by atoms with E-state index in [9.17, 15) is 19.2 Å². The first-order chi connectivity index (χ1) is 20.9. The van der Waals surface area contributed by atoms with Gasteiger partial charge in [0.1, 0.15) is 0 Å². The van der Waals surface area contributed by atoms with Gasteiger partial charge in [-0.2, -0.15) is 0 Å². The molecule has 1 aromatic rings. The van der Waals surface area contributed by atoms with Crippen molar-refractivity contribution in [2.45, 2.75) is 91.9 Å². The molecule has 1 aromatic carbocycles. The number of carbonyl (C=O) groups excluding carboxylic acids is 4. The Bertz CT molecular complexity index is 1000. The van der Waals surface area contributed by atoms with E-state index in [-0.39, 0.29) is 61.0 Å². The van der Waals surface area contributed by atoms with Crippen LogP contribution in [0, 0.1) is 17.8 Å². The topological polar surface area (TPSA) is 117 Å². The molecule has 1 rings (SSSR count). The highest BCUT2D eigenvalue weighted by molar-refractivity contribution is 5.85. The molecular weight excluding hydrogens is 560 g/mol. The number of nitrogens with zero attached hydrogens (tertiary/aromatic N) is 2. The molecule has 5 atom stereocenters. The largest absolute Gasteiger partial charge is 0.379 e. The molecule has 44 heavy (non-hydrogen) atoms. The van der Waals surface area contributed by atoms with Crippen molar-refractivity contribution < 1.29 is 28.7 Å². The van der Waals surface area contributed by atoms with E-state index < -0.39 is 18.1 Å². The second-order valence-electron chi connectivity index (χ2n) is 12.2. The smallest absolute Gasteiger partial charge is 0.242 e. The highest BCUT2D eigenvalue weighted by atomic mass is 16.5. The van der Waals surface area contributed by atoms with Crippen LogP contribution in [0.1, 0.15) is 72.8 Å². The van der Waals surface area contributed by atoms with Crippen LogP contribution in [0.5, 0.6) is 0 Å². The third kappa shape index (κ3) is 13.3. The lowest BCUT2D eigenvalue weighted by Gasteiger charge is -2.38. The van der Waals surface area contributed by atoms with E-state index in [4.69, 9.17) is 9.47 Å². The first-order valence-electron chi connectivity index (χ1n) is 16.1. The maximum Gasteiger partial charge on any atom is 0.242 e. The van der Waals surface area contributed by atoms with Crippen LogP contribution in [0.4, 0.5) is 0 Å². The van der Waals surface area contributed by atoms with Crippen LogP contribution in [0.2, 0.25) is 0 Å². The van der Waals surface area contributed by atoms with E-state index in [2.05, 4.69) is 10.6 Å². The van der Waals surface area contributed by atoms with Gasteiger partial charge in [-0.25, -0.2) is 0 Å². The van der Waals surface area contributed by atoms with E-state index >= 15 is 0 Å². The van der Waals surface area contributed by atoms with Crippen LogP contribution in [0.25, 0.3) is 0 Å². The minimum Gasteiger partial charge on any atom is -0.379 e. The molecule has 0 bridgehead atoms. The number of amides is 4. The van der Waals surface area contributed by atoms with Crippen LogP contribution in [-0.2, 0) is 35.1 Å². The van der Waals surface area contributed by atoms with Gasteiger partial charge in [0.2, 0.25) is 23.6 Å². The van der Waals surface area contributed by atoms with Crippen molar-refractivity contribution in [3.05, 3.63) is 35.9 Å². The molecule has 10 heteroatoms. The summed E-state index contributed by atoms with van der Waals surface area (Å²) in [4.78, 5) is 55.3. The van der Waals surface area contributed by atoms with E-state index in [0.717, 1.165) is 24.8 Å². The lowest BCUT2D eigenvalue weighted by atomic mass is 9.90. The lowest BCUT2D eigenvalue weighted by molar-refractivity contribution is -0.144. The number of carbonyl (C=O) groups is 4. The molecular formula is C34H58N4O6. The zero-order valence-electron chi connectivity index (χ0n) is 28.6. The monoisotopic (exact) mass is 618 g/mol. The first kappa shape index (κ1) is 39.0. The normalized spacial score (nSPS) is 14.7. The maximum atomic E-state index is 13.7. The molecule has 0 saturated heterocycles. The summed E-state index contributed by atoms with van der Waals surface area (Å²) >= 11 is 0. The predicted octanol–water partition coefficient (Wildman–Crippen LogP) is 3.68. The van der Waals surface area contributed by atoms with Crippen molar-refractivity contribution in [1.82, 2.24) is 20.4 Å². The van der Waals surface area contributed by atoms with Crippen molar-refractivity contribution in [3.8, 4) is 0 Å². The molecule has 2 N–H and O–H groups in total. The quantitative estimate of drug-likeness (QED) is 0.217.